The summed E-state index contributed by atoms with van der Waals surface area (Å²) in [5.41, 5.74) is 2.95. The Labute approximate surface area is 196 Å². The van der Waals surface area contributed by atoms with Gasteiger partial charge in [-0.05, 0) is 61.4 Å². The van der Waals surface area contributed by atoms with E-state index >= 15 is 0 Å². The number of anilines is 1. The number of hydrogen-bond acceptors (Lipinski definition) is 4. The zero-order valence-electron chi connectivity index (χ0n) is 19.1. The Morgan fingerprint density at radius 1 is 1.00 bits per heavy atom. The van der Waals surface area contributed by atoms with Gasteiger partial charge in [-0.3, -0.25) is 9.59 Å². The second-order valence-corrected chi connectivity index (χ2v) is 7.97. The van der Waals surface area contributed by atoms with Crippen LogP contribution in [-0.2, 0) is 4.79 Å². The van der Waals surface area contributed by atoms with E-state index in [0.717, 1.165) is 5.56 Å². The van der Waals surface area contributed by atoms with Gasteiger partial charge in [0.1, 0.15) is 17.6 Å². The number of benzene rings is 3. The van der Waals surface area contributed by atoms with Crippen molar-refractivity contribution in [3.8, 4) is 28.1 Å². The number of methoxy groups -OCH3 is 1. The number of halogens is 1. The number of hydrogen-bond donors (Lipinski definition) is 1. The lowest BCUT2D eigenvalue weighted by molar-refractivity contribution is -0.119. The smallest absolute Gasteiger partial charge is 0.275 e. The van der Waals surface area contributed by atoms with Crippen molar-refractivity contribution in [2.75, 3.05) is 12.4 Å². The maximum Gasteiger partial charge on any atom is 0.275 e. The molecule has 1 heterocycles. The predicted molar refractivity (Wildman–Crippen MR) is 130 cm³/mol. The van der Waals surface area contributed by atoms with Gasteiger partial charge in [0.25, 0.3) is 5.56 Å². The first-order valence-electron chi connectivity index (χ1n) is 10.8. The van der Waals surface area contributed by atoms with Crippen LogP contribution < -0.4 is 15.6 Å². The Hall–Kier alpha value is -4.26. The monoisotopic (exact) mass is 457 g/mol. The molecule has 1 atom stereocenters. The zero-order chi connectivity index (χ0) is 24.2. The molecule has 34 heavy (non-hydrogen) atoms. The molecule has 3 aromatic carbocycles. The van der Waals surface area contributed by atoms with E-state index in [-0.39, 0.29) is 0 Å². The van der Waals surface area contributed by atoms with Crippen LogP contribution in [0.1, 0.15) is 18.5 Å². The molecular formula is C27H24FN3O3. The van der Waals surface area contributed by atoms with Gasteiger partial charge in [-0.1, -0.05) is 42.5 Å². The van der Waals surface area contributed by atoms with E-state index in [1.54, 1.807) is 33.1 Å². The molecule has 4 rings (SSSR count). The Morgan fingerprint density at radius 3 is 2.44 bits per heavy atom. The molecule has 172 valence electrons. The number of carbonyl (C=O) groups excluding carboxylic acids is 1. The fourth-order valence-corrected chi connectivity index (χ4v) is 3.69. The molecule has 0 bridgehead atoms. The number of aryl methyl sites for hydroxylation is 1. The maximum atomic E-state index is 13.8. The summed E-state index contributed by atoms with van der Waals surface area (Å²) in [5.74, 6) is -0.295. The maximum absolute atomic E-state index is 13.8. The largest absolute Gasteiger partial charge is 0.497 e. The number of aromatic nitrogens is 2. The third kappa shape index (κ3) is 4.88. The Balaban J connectivity index is 1.80. The summed E-state index contributed by atoms with van der Waals surface area (Å²) in [6.45, 7) is 3.32. The van der Waals surface area contributed by atoms with Gasteiger partial charge in [-0.25, -0.2) is 9.07 Å². The van der Waals surface area contributed by atoms with Gasteiger partial charge in [-0.15, -0.1) is 0 Å². The van der Waals surface area contributed by atoms with Crippen molar-refractivity contribution in [3.05, 3.63) is 101 Å². The molecule has 1 aromatic heterocycles. The van der Waals surface area contributed by atoms with Gasteiger partial charge in [-0.2, -0.15) is 5.10 Å². The van der Waals surface area contributed by atoms with E-state index in [1.807, 2.05) is 54.6 Å². The third-order valence-electron chi connectivity index (χ3n) is 5.44. The van der Waals surface area contributed by atoms with Crippen LogP contribution in [0.2, 0.25) is 0 Å². The molecule has 0 radical (unpaired) electrons. The summed E-state index contributed by atoms with van der Waals surface area (Å²) in [6.07, 6.45) is 0. The fourth-order valence-electron chi connectivity index (χ4n) is 3.69. The number of ether oxygens (including phenoxy) is 1. The van der Waals surface area contributed by atoms with Crippen molar-refractivity contribution in [2.24, 2.45) is 0 Å². The minimum atomic E-state index is -0.955. The highest BCUT2D eigenvalue weighted by molar-refractivity contribution is 5.93. The van der Waals surface area contributed by atoms with Crippen molar-refractivity contribution in [2.45, 2.75) is 19.9 Å². The number of nitrogens with zero attached hydrogens (tertiary/aromatic N) is 2. The number of amides is 1. The molecule has 0 aliphatic rings. The summed E-state index contributed by atoms with van der Waals surface area (Å²) < 4.78 is 20.3. The Kier molecular flexibility index (Phi) is 6.54. The zero-order valence-corrected chi connectivity index (χ0v) is 19.1. The first-order chi connectivity index (χ1) is 16.4. The van der Waals surface area contributed by atoms with E-state index in [1.165, 1.54) is 16.8 Å². The lowest BCUT2D eigenvalue weighted by atomic mass is 10.0. The van der Waals surface area contributed by atoms with Gasteiger partial charge < -0.3 is 10.1 Å². The van der Waals surface area contributed by atoms with Crippen molar-refractivity contribution >= 4 is 11.6 Å². The van der Waals surface area contributed by atoms with E-state index in [0.29, 0.717) is 33.8 Å². The summed E-state index contributed by atoms with van der Waals surface area (Å²) in [5, 5.41) is 7.20. The van der Waals surface area contributed by atoms with E-state index in [4.69, 9.17) is 4.74 Å². The summed E-state index contributed by atoms with van der Waals surface area (Å²) in [4.78, 5) is 26.4. The van der Waals surface area contributed by atoms with Gasteiger partial charge in [0.05, 0.1) is 18.4 Å². The molecule has 0 saturated heterocycles. The van der Waals surface area contributed by atoms with Gasteiger partial charge in [0, 0.05) is 11.3 Å². The number of rotatable bonds is 6. The molecule has 7 heteroatoms. The lowest BCUT2D eigenvalue weighted by Crippen LogP contribution is -2.34. The first kappa shape index (κ1) is 22.9. The Bertz CT molecular complexity index is 1380. The minimum Gasteiger partial charge on any atom is -0.497 e. The first-order valence-corrected chi connectivity index (χ1v) is 10.8. The quantitative estimate of drug-likeness (QED) is 0.430. The van der Waals surface area contributed by atoms with E-state index in [9.17, 15) is 14.0 Å². The average Bonchev–Trinajstić information content (AvgIpc) is 2.83. The lowest BCUT2D eigenvalue weighted by Gasteiger charge is -2.17. The van der Waals surface area contributed by atoms with Crippen molar-refractivity contribution < 1.29 is 13.9 Å². The molecule has 0 saturated carbocycles. The van der Waals surface area contributed by atoms with Crippen molar-refractivity contribution in [3.63, 3.8) is 0 Å². The van der Waals surface area contributed by atoms with Crippen LogP contribution in [0.5, 0.6) is 5.75 Å². The molecular weight excluding hydrogens is 433 g/mol. The van der Waals surface area contributed by atoms with Gasteiger partial charge in [0.15, 0.2) is 0 Å². The fraction of sp³-hybridized carbons (Fsp3) is 0.148. The van der Waals surface area contributed by atoms with Crippen LogP contribution in [0.4, 0.5) is 10.1 Å². The second-order valence-electron chi connectivity index (χ2n) is 7.97. The SMILES string of the molecule is COc1cccc(-c2cc(-c3ccccc3)c(=O)n(C(C)C(=O)Nc3cc(C)cc(F)c3)n2)c1. The predicted octanol–water partition coefficient (Wildman–Crippen LogP) is 5.23. The van der Waals surface area contributed by atoms with E-state index < -0.39 is 23.3 Å². The normalized spacial score (nSPS) is 11.6. The van der Waals surface area contributed by atoms with Crippen LogP contribution in [0.3, 0.4) is 0 Å². The van der Waals surface area contributed by atoms with Crippen LogP contribution in [0.25, 0.3) is 22.4 Å². The van der Waals surface area contributed by atoms with Crippen molar-refractivity contribution in [1.29, 1.82) is 0 Å². The summed E-state index contributed by atoms with van der Waals surface area (Å²) in [6, 6.07) is 21.5. The molecule has 0 spiro atoms. The number of nitrogens with one attached hydrogen (secondary N) is 1. The molecule has 0 aliphatic heterocycles. The van der Waals surface area contributed by atoms with Gasteiger partial charge in [0.2, 0.25) is 5.91 Å². The van der Waals surface area contributed by atoms with Crippen LogP contribution >= 0.6 is 0 Å². The van der Waals surface area contributed by atoms with Crippen LogP contribution in [0, 0.1) is 12.7 Å². The number of carbonyl (C=O) groups is 1. The molecule has 1 amide bonds. The second kappa shape index (κ2) is 9.70. The highest BCUT2D eigenvalue weighted by atomic mass is 19.1. The minimum absolute atomic E-state index is 0.314. The third-order valence-corrected chi connectivity index (χ3v) is 5.44. The van der Waals surface area contributed by atoms with Crippen LogP contribution in [-0.4, -0.2) is 22.8 Å². The average molecular weight is 458 g/mol. The molecule has 0 fully saturated rings. The highest BCUT2D eigenvalue weighted by Gasteiger charge is 2.21. The summed E-state index contributed by atoms with van der Waals surface area (Å²) >= 11 is 0. The highest BCUT2D eigenvalue weighted by Crippen LogP contribution is 2.26. The summed E-state index contributed by atoms with van der Waals surface area (Å²) in [7, 11) is 1.57. The van der Waals surface area contributed by atoms with Gasteiger partial charge >= 0.3 is 0 Å². The van der Waals surface area contributed by atoms with Crippen LogP contribution in [0.15, 0.2) is 83.7 Å². The molecule has 0 aliphatic carbocycles. The van der Waals surface area contributed by atoms with Crippen molar-refractivity contribution in [1.82, 2.24) is 9.78 Å². The molecule has 1 N–H and O–H groups in total. The standard InChI is InChI=1S/C27H24FN3O3/c1-17-12-21(28)15-22(13-17)29-26(32)18(2)31-27(33)24(19-8-5-4-6-9-19)16-25(30-31)20-10-7-11-23(14-20)34-3/h4-16,18H,1-3H3,(H,29,32). The Morgan fingerprint density at radius 2 is 1.74 bits per heavy atom. The van der Waals surface area contributed by atoms with E-state index in [2.05, 4.69) is 10.4 Å². The molecule has 1 unspecified atom stereocenters. The topological polar surface area (TPSA) is 73.2 Å². The molecule has 6 nitrogen and oxygen atoms in total. The molecule has 4 aromatic rings.